The van der Waals surface area contributed by atoms with Gasteiger partial charge in [-0.15, -0.1) is 0 Å². The van der Waals surface area contributed by atoms with Crippen LogP contribution in [0.2, 0.25) is 0 Å². The van der Waals surface area contributed by atoms with Crippen molar-refractivity contribution >= 4 is 17.5 Å². The number of carbonyl (C=O) groups excluding carboxylic acids is 2. The van der Waals surface area contributed by atoms with E-state index in [4.69, 9.17) is 0 Å². The quantitative estimate of drug-likeness (QED) is 0.838. The first kappa shape index (κ1) is 14.0. The molecule has 0 aliphatic carbocycles. The molecule has 112 valence electrons. The van der Waals surface area contributed by atoms with Crippen molar-refractivity contribution in [2.45, 2.75) is 38.3 Å². The number of piperazine rings is 1. The molecule has 2 fully saturated rings. The van der Waals surface area contributed by atoms with Crippen molar-refractivity contribution in [3.05, 3.63) is 29.8 Å². The van der Waals surface area contributed by atoms with Gasteiger partial charge in [0.1, 0.15) is 23.7 Å². The highest BCUT2D eigenvalue weighted by atomic mass is 19.1. The minimum atomic E-state index is -0.818. The van der Waals surface area contributed by atoms with E-state index in [1.807, 2.05) is 0 Å². The summed E-state index contributed by atoms with van der Waals surface area (Å²) in [4.78, 5) is 27.9. The monoisotopic (exact) mass is 294 g/mol. The van der Waals surface area contributed by atoms with Gasteiger partial charge >= 0.3 is 0 Å². The molecular formula is C15H16F2N2O2. The number of hydrogen-bond donors (Lipinski definition) is 0. The first-order valence-electron chi connectivity index (χ1n) is 7.13. The largest absolute Gasteiger partial charge is 0.329 e. The summed E-state index contributed by atoms with van der Waals surface area (Å²) in [6.45, 7) is 2.35. The summed E-state index contributed by atoms with van der Waals surface area (Å²) in [6.07, 6.45) is 1.77. The van der Waals surface area contributed by atoms with Crippen LogP contribution >= 0.6 is 0 Å². The number of rotatable bonds is 2. The number of halogens is 2. The number of hydrogen-bond acceptors (Lipinski definition) is 2. The minimum absolute atomic E-state index is 0.0202. The van der Waals surface area contributed by atoms with E-state index >= 15 is 0 Å². The Morgan fingerprint density at radius 2 is 2.00 bits per heavy atom. The Bertz CT molecular complexity index is 605. The fourth-order valence-electron chi connectivity index (χ4n) is 3.22. The second kappa shape index (κ2) is 5.09. The van der Waals surface area contributed by atoms with E-state index in [0.717, 1.165) is 18.6 Å². The van der Waals surface area contributed by atoms with Crippen LogP contribution in [0.1, 0.15) is 26.2 Å². The van der Waals surface area contributed by atoms with Crippen molar-refractivity contribution in [1.29, 1.82) is 0 Å². The van der Waals surface area contributed by atoms with E-state index in [-0.39, 0.29) is 17.5 Å². The molecule has 4 nitrogen and oxygen atoms in total. The third-order valence-electron chi connectivity index (χ3n) is 4.21. The summed E-state index contributed by atoms with van der Waals surface area (Å²) in [7, 11) is 0. The molecule has 0 aromatic heterocycles. The lowest BCUT2D eigenvalue weighted by molar-refractivity contribution is -0.144. The van der Waals surface area contributed by atoms with Crippen molar-refractivity contribution in [1.82, 2.24) is 4.90 Å². The van der Waals surface area contributed by atoms with E-state index in [0.29, 0.717) is 19.4 Å². The van der Waals surface area contributed by atoms with Gasteiger partial charge in [-0.05, 0) is 31.4 Å². The highest BCUT2D eigenvalue weighted by molar-refractivity contribution is 6.08. The molecular weight excluding hydrogens is 278 g/mol. The number of carbonyl (C=O) groups is 2. The van der Waals surface area contributed by atoms with Gasteiger partial charge in [0.05, 0.1) is 5.69 Å². The Morgan fingerprint density at radius 1 is 1.24 bits per heavy atom. The van der Waals surface area contributed by atoms with Crippen molar-refractivity contribution in [3.63, 3.8) is 0 Å². The zero-order chi connectivity index (χ0) is 15.1. The van der Waals surface area contributed by atoms with E-state index < -0.39 is 23.7 Å². The standard InChI is InChI=1S/C15H16F2N2O2/c1-2-11-14(20)18-7-3-4-13(18)15(21)19(11)12-6-5-9(16)8-10(12)17/h5-6,8,11,13H,2-4,7H2,1H3. The number of amides is 2. The zero-order valence-corrected chi connectivity index (χ0v) is 11.7. The number of benzene rings is 1. The third kappa shape index (κ3) is 2.09. The van der Waals surface area contributed by atoms with Gasteiger partial charge in [-0.3, -0.25) is 14.5 Å². The van der Waals surface area contributed by atoms with Gasteiger partial charge < -0.3 is 4.90 Å². The normalized spacial score (nSPS) is 25.5. The summed E-state index contributed by atoms with van der Waals surface area (Å²) in [5, 5.41) is 0. The summed E-state index contributed by atoms with van der Waals surface area (Å²) >= 11 is 0. The SMILES string of the molecule is CCC1C(=O)N2CCCC2C(=O)N1c1ccc(F)cc1F. The smallest absolute Gasteiger partial charge is 0.250 e. The molecule has 6 heteroatoms. The van der Waals surface area contributed by atoms with Crippen LogP contribution in [0.15, 0.2) is 18.2 Å². The molecule has 1 aromatic carbocycles. The maximum absolute atomic E-state index is 14.0. The predicted octanol–water partition coefficient (Wildman–Crippen LogP) is 2.08. The average molecular weight is 294 g/mol. The molecule has 2 heterocycles. The fraction of sp³-hybridized carbons (Fsp3) is 0.467. The third-order valence-corrected chi connectivity index (χ3v) is 4.21. The van der Waals surface area contributed by atoms with Crippen molar-refractivity contribution in [2.75, 3.05) is 11.4 Å². The van der Waals surface area contributed by atoms with Gasteiger partial charge in [0.15, 0.2) is 0 Å². The van der Waals surface area contributed by atoms with E-state index in [1.165, 1.54) is 11.0 Å². The van der Waals surface area contributed by atoms with Crippen LogP contribution in [0.4, 0.5) is 14.5 Å². The maximum atomic E-state index is 14.0. The molecule has 2 aliphatic rings. The Hall–Kier alpha value is -1.98. The van der Waals surface area contributed by atoms with Gasteiger partial charge in [0, 0.05) is 12.6 Å². The van der Waals surface area contributed by atoms with Crippen LogP contribution in [0.5, 0.6) is 0 Å². The van der Waals surface area contributed by atoms with Gasteiger partial charge in [0.25, 0.3) is 5.91 Å². The maximum Gasteiger partial charge on any atom is 0.250 e. The molecule has 0 saturated carbocycles. The predicted molar refractivity (Wildman–Crippen MR) is 72.7 cm³/mol. The van der Waals surface area contributed by atoms with E-state index in [2.05, 4.69) is 0 Å². The Balaban J connectivity index is 2.05. The molecule has 0 N–H and O–H groups in total. The average Bonchev–Trinajstić information content (AvgIpc) is 2.93. The number of fused-ring (bicyclic) bond motifs is 1. The molecule has 21 heavy (non-hydrogen) atoms. The second-order valence-electron chi connectivity index (χ2n) is 5.42. The Labute approximate surface area is 121 Å². The molecule has 0 bridgehead atoms. The molecule has 0 spiro atoms. The van der Waals surface area contributed by atoms with Crippen molar-refractivity contribution < 1.29 is 18.4 Å². The summed E-state index contributed by atoms with van der Waals surface area (Å²) in [5.41, 5.74) is -0.0202. The molecule has 2 saturated heterocycles. The Kier molecular flexibility index (Phi) is 3.39. The van der Waals surface area contributed by atoms with Gasteiger partial charge in [-0.25, -0.2) is 8.78 Å². The van der Waals surface area contributed by atoms with E-state index in [9.17, 15) is 18.4 Å². The molecule has 2 unspecified atom stereocenters. The molecule has 1 aromatic rings. The lowest BCUT2D eigenvalue weighted by Gasteiger charge is -2.42. The topological polar surface area (TPSA) is 40.6 Å². The van der Waals surface area contributed by atoms with Gasteiger partial charge in [-0.2, -0.15) is 0 Å². The summed E-state index contributed by atoms with van der Waals surface area (Å²) in [6, 6.07) is 1.84. The molecule has 3 rings (SSSR count). The summed E-state index contributed by atoms with van der Waals surface area (Å²) in [5.74, 6) is -1.95. The molecule has 2 amide bonds. The van der Waals surface area contributed by atoms with Crippen molar-refractivity contribution in [2.24, 2.45) is 0 Å². The zero-order valence-electron chi connectivity index (χ0n) is 11.7. The van der Waals surface area contributed by atoms with Crippen LogP contribution < -0.4 is 4.90 Å². The van der Waals surface area contributed by atoms with Crippen LogP contribution in [0.3, 0.4) is 0 Å². The van der Waals surface area contributed by atoms with Crippen LogP contribution in [-0.2, 0) is 9.59 Å². The Morgan fingerprint density at radius 3 is 2.67 bits per heavy atom. The molecule has 0 radical (unpaired) electrons. The molecule has 2 atom stereocenters. The second-order valence-corrected chi connectivity index (χ2v) is 5.42. The van der Waals surface area contributed by atoms with Gasteiger partial charge in [0.2, 0.25) is 5.91 Å². The number of nitrogens with zero attached hydrogens (tertiary/aromatic N) is 2. The molecule has 2 aliphatic heterocycles. The highest BCUT2D eigenvalue weighted by Crippen LogP contribution is 2.33. The lowest BCUT2D eigenvalue weighted by Crippen LogP contribution is -2.63. The van der Waals surface area contributed by atoms with E-state index in [1.54, 1.807) is 11.8 Å². The first-order chi connectivity index (χ1) is 10.0. The lowest BCUT2D eigenvalue weighted by atomic mass is 10.0. The van der Waals surface area contributed by atoms with Crippen molar-refractivity contribution in [3.8, 4) is 0 Å². The van der Waals surface area contributed by atoms with Crippen LogP contribution in [-0.4, -0.2) is 35.3 Å². The van der Waals surface area contributed by atoms with Gasteiger partial charge in [-0.1, -0.05) is 6.92 Å². The fourth-order valence-corrected chi connectivity index (χ4v) is 3.22. The first-order valence-corrected chi connectivity index (χ1v) is 7.13. The minimum Gasteiger partial charge on any atom is -0.329 e. The van der Waals surface area contributed by atoms with Crippen LogP contribution in [0, 0.1) is 11.6 Å². The summed E-state index contributed by atoms with van der Waals surface area (Å²) < 4.78 is 27.1. The number of anilines is 1. The van der Waals surface area contributed by atoms with Crippen LogP contribution in [0.25, 0.3) is 0 Å². The highest BCUT2D eigenvalue weighted by Gasteiger charge is 2.48.